The molecule has 0 fully saturated rings. The van der Waals surface area contributed by atoms with E-state index in [0.29, 0.717) is 23.8 Å². The molecule has 0 bridgehead atoms. The van der Waals surface area contributed by atoms with Crippen LogP contribution >= 0.6 is 0 Å². The lowest BCUT2D eigenvalue weighted by Gasteiger charge is -2.11. The summed E-state index contributed by atoms with van der Waals surface area (Å²) in [6.07, 6.45) is 3.02. The second-order valence-corrected chi connectivity index (χ2v) is 7.70. The average molecular weight is 403 g/mol. The molecular formula is C28H21NO2. The lowest BCUT2D eigenvalue weighted by atomic mass is 9.97. The van der Waals surface area contributed by atoms with Crippen molar-refractivity contribution < 1.29 is 10.2 Å². The van der Waals surface area contributed by atoms with Crippen LogP contribution in [-0.4, -0.2) is 15.2 Å². The number of aromatic nitrogens is 1. The third-order valence-corrected chi connectivity index (χ3v) is 5.56. The Balaban J connectivity index is 1.48. The number of aromatic hydroxyl groups is 2. The maximum absolute atomic E-state index is 11.0. The molecule has 3 heteroatoms. The van der Waals surface area contributed by atoms with Gasteiger partial charge >= 0.3 is 0 Å². The van der Waals surface area contributed by atoms with E-state index in [1.807, 2.05) is 60.8 Å². The molecular weight excluding hydrogens is 382 g/mol. The molecule has 0 radical (unpaired) electrons. The van der Waals surface area contributed by atoms with Gasteiger partial charge in [-0.1, -0.05) is 54.3 Å². The number of hydrogen-bond acceptors (Lipinski definition) is 2. The Morgan fingerprint density at radius 2 is 1.65 bits per heavy atom. The Bertz CT molecular complexity index is 1450. The maximum Gasteiger partial charge on any atom is 0.130 e. The van der Waals surface area contributed by atoms with Gasteiger partial charge in [-0.25, -0.2) is 0 Å². The summed E-state index contributed by atoms with van der Waals surface area (Å²) in [5, 5.41) is 24.1. The molecule has 0 saturated carbocycles. The Morgan fingerprint density at radius 1 is 0.774 bits per heavy atom. The number of rotatable bonds is 3. The number of H-pyrrole nitrogens is 1. The van der Waals surface area contributed by atoms with Crippen molar-refractivity contribution in [3.63, 3.8) is 0 Å². The summed E-state index contributed by atoms with van der Waals surface area (Å²) in [7, 11) is 0. The molecule has 0 spiro atoms. The second-order valence-electron chi connectivity index (χ2n) is 7.70. The Kier molecular flexibility index (Phi) is 4.82. The summed E-state index contributed by atoms with van der Waals surface area (Å²) >= 11 is 0. The first kappa shape index (κ1) is 18.8. The fourth-order valence-corrected chi connectivity index (χ4v) is 3.92. The minimum absolute atomic E-state index is 0.0991. The van der Waals surface area contributed by atoms with Gasteiger partial charge in [0.2, 0.25) is 0 Å². The lowest BCUT2D eigenvalue weighted by Crippen LogP contribution is -1.92. The van der Waals surface area contributed by atoms with Crippen molar-refractivity contribution in [1.29, 1.82) is 0 Å². The Morgan fingerprint density at radius 3 is 2.52 bits per heavy atom. The number of fused-ring (bicyclic) bond motifs is 2. The van der Waals surface area contributed by atoms with Crippen LogP contribution in [0.4, 0.5) is 0 Å². The van der Waals surface area contributed by atoms with Crippen LogP contribution in [-0.2, 0) is 12.8 Å². The summed E-state index contributed by atoms with van der Waals surface area (Å²) in [5.41, 5.74) is 4.62. The van der Waals surface area contributed by atoms with E-state index in [9.17, 15) is 10.2 Å². The van der Waals surface area contributed by atoms with E-state index in [4.69, 9.17) is 0 Å². The smallest absolute Gasteiger partial charge is 0.130 e. The monoisotopic (exact) mass is 403 g/mol. The molecule has 0 atom stereocenters. The molecule has 3 N–H and O–H groups in total. The zero-order valence-electron chi connectivity index (χ0n) is 16.9. The normalized spacial score (nSPS) is 10.8. The summed E-state index contributed by atoms with van der Waals surface area (Å²) < 4.78 is 0. The number of phenols is 2. The van der Waals surface area contributed by atoms with Crippen LogP contribution < -0.4 is 0 Å². The molecule has 5 aromatic rings. The van der Waals surface area contributed by atoms with Crippen LogP contribution in [0.15, 0.2) is 85.1 Å². The van der Waals surface area contributed by atoms with Gasteiger partial charge in [0.05, 0.1) is 0 Å². The molecule has 1 aromatic heterocycles. The molecule has 0 unspecified atom stereocenters. The van der Waals surface area contributed by atoms with Crippen LogP contribution in [0.5, 0.6) is 11.5 Å². The van der Waals surface area contributed by atoms with Crippen molar-refractivity contribution in [3.05, 3.63) is 107 Å². The van der Waals surface area contributed by atoms with Crippen molar-refractivity contribution in [2.75, 3.05) is 0 Å². The first-order valence-corrected chi connectivity index (χ1v) is 10.2. The number of benzene rings is 4. The van der Waals surface area contributed by atoms with E-state index >= 15 is 0 Å². The molecule has 0 amide bonds. The number of hydrogen-bond donors (Lipinski definition) is 3. The van der Waals surface area contributed by atoms with Gasteiger partial charge < -0.3 is 15.2 Å². The van der Waals surface area contributed by atoms with Crippen molar-refractivity contribution in [2.24, 2.45) is 0 Å². The first-order valence-electron chi connectivity index (χ1n) is 10.2. The highest BCUT2D eigenvalue weighted by molar-refractivity contribution is 5.92. The quantitative estimate of drug-likeness (QED) is 0.328. The van der Waals surface area contributed by atoms with E-state index in [1.54, 1.807) is 6.07 Å². The maximum atomic E-state index is 11.0. The molecule has 0 aliphatic carbocycles. The van der Waals surface area contributed by atoms with Crippen LogP contribution in [0.2, 0.25) is 0 Å². The van der Waals surface area contributed by atoms with Crippen molar-refractivity contribution in [1.82, 2.24) is 4.98 Å². The van der Waals surface area contributed by atoms with Gasteiger partial charge in [-0.2, -0.15) is 0 Å². The molecule has 150 valence electrons. The van der Waals surface area contributed by atoms with Gasteiger partial charge in [0.25, 0.3) is 0 Å². The van der Waals surface area contributed by atoms with E-state index < -0.39 is 0 Å². The fraction of sp³-hybridized carbons (Fsp3) is 0.0714. The van der Waals surface area contributed by atoms with Gasteiger partial charge in [0, 0.05) is 41.1 Å². The molecule has 4 aromatic carbocycles. The van der Waals surface area contributed by atoms with E-state index in [2.05, 4.69) is 35.0 Å². The minimum Gasteiger partial charge on any atom is -0.507 e. The van der Waals surface area contributed by atoms with E-state index in [-0.39, 0.29) is 11.5 Å². The standard InChI is InChI=1S/C28H21NO2/c30-27-18-22-11-9-20(8-4-7-19-5-2-1-3-6-19)16-24(22)28(31)25(27)17-21-10-12-26-23(15-21)13-14-29-26/h1-3,5-6,9-16,18,29-31H,7,17H2. The molecule has 0 saturated heterocycles. The molecule has 1 heterocycles. The highest BCUT2D eigenvalue weighted by Crippen LogP contribution is 2.37. The third-order valence-electron chi connectivity index (χ3n) is 5.56. The van der Waals surface area contributed by atoms with E-state index in [1.165, 1.54) is 5.56 Å². The largest absolute Gasteiger partial charge is 0.507 e. The third kappa shape index (κ3) is 3.84. The number of phenolic OH excluding ortho intramolecular Hbond substituents is 2. The van der Waals surface area contributed by atoms with Crippen LogP contribution in [0.3, 0.4) is 0 Å². The fourth-order valence-electron chi connectivity index (χ4n) is 3.92. The zero-order valence-corrected chi connectivity index (χ0v) is 16.9. The summed E-state index contributed by atoms with van der Waals surface area (Å²) in [5.74, 6) is 6.59. The van der Waals surface area contributed by atoms with Crippen molar-refractivity contribution in [3.8, 4) is 23.3 Å². The van der Waals surface area contributed by atoms with Gasteiger partial charge in [0.15, 0.2) is 0 Å². The van der Waals surface area contributed by atoms with Gasteiger partial charge in [0.1, 0.15) is 11.5 Å². The Hall–Kier alpha value is -4.16. The summed E-state index contributed by atoms with van der Waals surface area (Å²) in [6.45, 7) is 0. The zero-order chi connectivity index (χ0) is 21.2. The van der Waals surface area contributed by atoms with Gasteiger partial charge in [-0.05, 0) is 58.3 Å². The van der Waals surface area contributed by atoms with Gasteiger partial charge in [-0.3, -0.25) is 0 Å². The molecule has 31 heavy (non-hydrogen) atoms. The predicted molar refractivity (Wildman–Crippen MR) is 125 cm³/mol. The highest BCUT2D eigenvalue weighted by Gasteiger charge is 2.14. The molecule has 0 aliphatic rings. The number of aromatic amines is 1. The Labute approximate surface area is 180 Å². The predicted octanol–water partition coefficient (Wildman–Crippen LogP) is 5.92. The minimum atomic E-state index is 0.0991. The van der Waals surface area contributed by atoms with Crippen LogP contribution in [0.25, 0.3) is 21.7 Å². The highest BCUT2D eigenvalue weighted by atomic mass is 16.3. The summed E-state index contributed by atoms with van der Waals surface area (Å²) in [6, 6.07) is 25.6. The summed E-state index contributed by atoms with van der Waals surface area (Å²) in [4.78, 5) is 3.18. The van der Waals surface area contributed by atoms with Gasteiger partial charge in [-0.15, -0.1) is 0 Å². The average Bonchev–Trinajstić information content (AvgIpc) is 3.26. The SMILES string of the molecule is Oc1cc2ccc(C#CCc3ccccc3)cc2c(O)c1Cc1ccc2[nH]ccc2c1. The second kappa shape index (κ2) is 7.93. The molecule has 3 nitrogen and oxygen atoms in total. The topological polar surface area (TPSA) is 56.2 Å². The van der Waals surface area contributed by atoms with Crippen LogP contribution in [0, 0.1) is 11.8 Å². The molecule has 5 rings (SSSR count). The van der Waals surface area contributed by atoms with Crippen molar-refractivity contribution >= 4 is 21.7 Å². The van der Waals surface area contributed by atoms with Crippen molar-refractivity contribution in [2.45, 2.75) is 12.8 Å². The van der Waals surface area contributed by atoms with E-state index in [0.717, 1.165) is 27.4 Å². The first-order chi connectivity index (χ1) is 15.2. The lowest BCUT2D eigenvalue weighted by molar-refractivity contribution is 0.445. The number of nitrogens with one attached hydrogen (secondary N) is 1. The molecule has 0 aliphatic heterocycles. The van der Waals surface area contributed by atoms with Crippen LogP contribution in [0.1, 0.15) is 22.3 Å².